The molecule has 5 N–H and O–H groups in total. The molecule has 1 aliphatic carbocycles. The molecule has 0 spiro atoms. The van der Waals surface area contributed by atoms with Gasteiger partial charge in [-0.05, 0) is 62.6 Å². The van der Waals surface area contributed by atoms with Crippen molar-refractivity contribution in [1.82, 2.24) is 16.0 Å². The number of thioether (sulfide) groups is 1. The maximum absolute atomic E-state index is 14.8. The van der Waals surface area contributed by atoms with E-state index in [2.05, 4.69) is 22.0 Å². The fourth-order valence-corrected chi connectivity index (χ4v) is 10.3. The molecule has 2 unspecified atom stereocenters. The first-order chi connectivity index (χ1) is 32.0. The van der Waals surface area contributed by atoms with Crippen LogP contribution < -0.4 is 16.0 Å². The Morgan fingerprint density at radius 2 is 1.20 bits per heavy atom. The molecule has 0 saturated heterocycles. The summed E-state index contributed by atoms with van der Waals surface area (Å²) in [4.78, 5) is 55.1. The van der Waals surface area contributed by atoms with Crippen molar-refractivity contribution in [2.75, 3.05) is 12.4 Å². The summed E-state index contributed by atoms with van der Waals surface area (Å²) in [6.45, 7) is 3.51. The summed E-state index contributed by atoms with van der Waals surface area (Å²) in [6.07, 6.45) is -2.94. The molecule has 0 aromatic heterocycles. The minimum atomic E-state index is -1.43. The molecule has 6 aromatic rings. The number of fused-ring (bicyclic) bond motifs is 3. The summed E-state index contributed by atoms with van der Waals surface area (Å²) in [5.41, 5.74) is 7.86. The van der Waals surface area contributed by atoms with Gasteiger partial charge in [-0.25, -0.2) is 4.79 Å². The Morgan fingerprint density at radius 1 is 0.682 bits per heavy atom. The molecule has 336 valence electrons. The van der Waals surface area contributed by atoms with E-state index in [0.717, 1.165) is 38.9 Å². The Kier molecular flexibility index (Phi) is 15.3. The topological polar surface area (TPSA) is 178 Å². The first-order valence-corrected chi connectivity index (χ1v) is 22.9. The molecule has 66 heavy (non-hydrogen) atoms. The van der Waals surface area contributed by atoms with Crippen LogP contribution in [0.25, 0.3) is 11.1 Å². The van der Waals surface area contributed by atoms with Crippen LogP contribution in [-0.4, -0.2) is 70.7 Å². The second-order valence-corrected chi connectivity index (χ2v) is 17.9. The van der Waals surface area contributed by atoms with E-state index in [9.17, 15) is 34.7 Å². The van der Waals surface area contributed by atoms with Crippen LogP contribution in [0.1, 0.15) is 65.1 Å². The van der Waals surface area contributed by atoms with Crippen LogP contribution in [0.5, 0.6) is 0 Å². The fourth-order valence-electron chi connectivity index (χ4n) is 8.71. The predicted octanol–water partition coefficient (Wildman–Crippen LogP) is 8.19. The van der Waals surface area contributed by atoms with Gasteiger partial charge in [-0.1, -0.05) is 166 Å². The van der Waals surface area contributed by atoms with Gasteiger partial charge in [0.05, 0.1) is 34.9 Å². The first-order valence-electron chi connectivity index (χ1n) is 21.9. The molecule has 0 bridgehead atoms. The number of benzene rings is 6. The lowest BCUT2D eigenvalue weighted by Gasteiger charge is -2.37. The van der Waals surface area contributed by atoms with Crippen LogP contribution in [0.3, 0.4) is 0 Å². The molecule has 0 heterocycles. The van der Waals surface area contributed by atoms with Crippen LogP contribution in [0.15, 0.2) is 164 Å². The van der Waals surface area contributed by atoms with Gasteiger partial charge in [0.15, 0.2) is 0 Å². The average molecular weight is 901 g/mol. The smallest absolute Gasteiger partial charge is 0.407 e. The van der Waals surface area contributed by atoms with Gasteiger partial charge in [0.1, 0.15) is 18.7 Å². The molecule has 0 fully saturated rings. The number of hydrogen-bond acceptors (Lipinski definition) is 8. The van der Waals surface area contributed by atoms with E-state index in [-0.39, 0.29) is 30.6 Å². The van der Waals surface area contributed by atoms with Gasteiger partial charge in [-0.15, -0.1) is 11.8 Å². The van der Waals surface area contributed by atoms with E-state index >= 15 is 0 Å². The quantitative estimate of drug-likeness (QED) is 0.0502. The zero-order valence-corrected chi connectivity index (χ0v) is 37.5. The zero-order chi connectivity index (χ0) is 46.6. The number of aliphatic hydroxyl groups excluding tert-OH is 1. The number of nitrogens with one attached hydrogen (secondary N) is 3. The highest BCUT2D eigenvalue weighted by atomic mass is 32.2. The Hall–Kier alpha value is -7.20. The van der Waals surface area contributed by atoms with Crippen molar-refractivity contribution >= 4 is 35.6 Å². The Labute approximate surface area is 389 Å². The van der Waals surface area contributed by atoms with Gasteiger partial charge < -0.3 is 30.9 Å². The summed E-state index contributed by atoms with van der Waals surface area (Å²) in [6, 6.07) is 50.7. The van der Waals surface area contributed by atoms with Crippen LogP contribution in [0.2, 0.25) is 0 Å². The molecule has 0 radical (unpaired) electrons. The second kappa shape index (κ2) is 21.7. The summed E-state index contributed by atoms with van der Waals surface area (Å²) >= 11 is 1.43. The van der Waals surface area contributed by atoms with Gasteiger partial charge >= 0.3 is 12.1 Å². The summed E-state index contributed by atoms with van der Waals surface area (Å²) in [5, 5.41) is 38.9. The second-order valence-electron chi connectivity index (χ2n) is 16.6. The molecule has 11 nitrogen and oxygen atoms in total. The van der Waals surface area contributed by atoms with Crippen molar-refractivity contribution in [3.63, 3.8) is 0 Å². The molecule has 0 aliphatic heterocycles. The number of alkyl carbamates (subject to hydrolysis) is 1. The van der Waals surface area contributed by atoms with Crippen molar-refractivity contribution < 1.29 is 34.1 Å². The molecule has 7 rings (SSSR count). The average Bonchev–Trinajstić information content (AvgIpc) is 3.66. The van der Waals surface area contributed by atoms with E-state index in [0.29, 0.717) is 11.1 Å². The third-order valence-corrected chi connectivity index (χ3v) is 13.6. The monoisotopic (exact) mass is 900 g/mol. The number of amides is 3. The number of carbonyl (C=O) groups excluding carboxylic acids is 3. The molecule has 0 saturated carbocycles. The summed E-state index contributed by atoms with van der Waals surface area (Å²) in [5.74, 6) is -3.24. The minimum absolute atomic E-state index is 0.00438. The predicted molar refractivity (Wildman–Crippen MR) is 255 cm³/mol. The van der Waals surface area contributed by atoms with Crippen molar-refractivity contribution in [3.05, 3.63) is 203 Å². The molecule has 4 atom stereocenters. The molecular weight excluding hydrogens is 849 g/mol. The third-order valence-electron chi connectivity index (χ3n) is 11.9. The van der Waals surface area contributed by atoms with Crippen molar-refractivity contribution in [1.29, 1.82) is 5.26 Å². The first kappa shape index (κ1) is 46.8. The highest BCUT2D eigenvalue weighted by Crippen LogP contribution is 2.49. The van der Waals surface area contributed by atoms with E-state index in [1.807, 2.05) is 140 Å². The Balaban J connectivity index is 1.22. The third kappa shape index (κ3) is 10.8. The number of ether oxygens (including phenoxy) is 1. The fraction of sp³-hybridized carbons (Fsp3) is 0.241. The van der Waals surface area contributed by atoms with E-state index in [1.165, 1.54) is 11.8 Å². The van der Waals surface area contributed by atoms with Crippen LogP contribution in [-0.2, 0) is 30.3 Å². The maximum Gasteiger partial charge on any atom is 0.407 e. The molecule has 6 aromatic carbocycles. The Morgan fingerprint density at radius 3 is 1.71 bits per heavy atom. The van der Waals surface area contributed by atoms with Gasteiger partial charge in [0.25, 0.3) is 0 Å². The van der Waals surface area contributed by atoms with Crippen molar-refractivity contribution in [2.24, 2.45) is 5.92 Å². The van der Waals surface area contributed by atoms with Gasteiger partial charge in [0.2, 0.25) is 11.8 Å². The van der Waals surface area contributed by atoms with E-state index in [4.69, 9.17) is 4.74 Å². The van der Waals surface area contributed by atoms with Crippen molar-refractivity contribution in [3.8, 4) is 17.2 Å². The summed E-state index contributed by atoms with van der Waals surface area (Å²) < 4.78 is 4.99. The van der Waals surface area contributed by atoms with Crippen LogP contribution in [0, 0.1) is 17.2 Å². The molecule has 1 aliphatic rings. The Bertz CT molecular complexity index is 2530. The van der Waals surface area contributed by atoms with Gasteiger partial charge in [-0.3, -0.25) is 14.4 Å². The summed E-state index contributed by atoms with van der Waals surface area (Å²) in [7, 11) is 0. The van der Waals surface area contributed by atoms with E-state index in [1.54, 1.807) is 38.1 Å². The number of nitriles is 1. The number of carboxylic acids is 1. The lowest BCUT2D eigenvalue weighted by atomic mass is 9.84. The molecular formula is C54H52N4O7S. The largest absolute Gasteiger partial charge is 0.481 e. The number of hydrogen-bond donors (Lipinski definition) is 5. The van der Waals surface area contributed by atoms with Crippen LogP contribution >= 0.6 is 11.8 Å². The number of aliphatic carboxylic acids is 1. The van der Waals surface area contributed by atoms with Crippen LogP contribution in [0.4, 0.5) is 4.79 Å². The van der Waals surface area contributed by atoms with Crippen molar-refractivity contribution in [2.45, 2.75) is 61.6 Å². The standard InChI is InChI=1S/C54H52N4O7S/c1-35(2)50(48(59)31-49(60)61)58-52(63)47(34-66-54(38-19-6-3-7-20-38,39-21-8-4-9-22-39)40-23-10-5-11-24-40)56-51(62)46(30-36-17-16-18-37(29-36)32-55)57-53(64)65-33-45-43-27-14-12-25-41(43)42-26-13-15-28-44(42)45/h3-29,35,45-48,50,59H,30-31,33-34H2,1-2H3,(H,56,62)(H,57,64)(H,58,63)(H,60,61)/t46?,47?,48-,50+/m0/s1. The number of carboxylic acid groups (broad SMARTS) is 1. The van der Waals surface area contributed by atoms with Gasteiger partial charge in [-0.2, -0.15) is 5.26 Å². The number of carbonyl (C=O) groups is 4. The molecule has 12 heteroatoms. The highest BCUT2D eigenvalue weighted by molar-refractivity contribution is 8.00. The van der Waals surface area contributed by atoms with Gasteiger partial charge in [0, 0.05) is 18.1 Å². The minimum Gasteiger partial charge on any atom is -0.481 e. The number of nitrogens with zero attached hydrogens (tertiary/aromatic N) is 1. The van der Waals surface area contributed by atoms with E-state index < -0.39 is 59.3 Å². The molecule has 3 amide bonds. The zero-order valence-electron chi connectivity index (χ0n) is 36.7. The SMILES string of the molecule is CC(C)[C@@H](NC(=O)C(CSC(c1ccccc1)(c1ccccc1)c1ccccc1)NC(=O)C(Cc1cccc(C#N)c1)NC(=O)OCC1c2ccccc2-c2ccccc21)[C@@H](O)CC(=O)O. The number of rotatable bonds is 19. The maximum atomic E-state index is 14.8. The normalized spacial score (nSPS) is 13.8. The highest BCUT2D eigenvalue weighted by Gasteiger charge is 2.40. The lowest BCUT2D eigenvalue weighted by Crippen LogP contribution is -2.58. The number of aliphatic hydroxyl groups is 1. The lowest BCUT2D eigenvalue weighted by molar-refractivity contribution is -0.140.